The molecule has 2 aromatic carbocycles. The molecular formula is C14H11FO2. The maximum atomic E-state index is 13.9. The molecule has 0 aliphatic carbocycles. The minimum absolute atomic E-state index is 0.168. The third kappa shape index (κ3) is 1.55. The molecule has 0 bridgehead atoms. The predicted octanol–water partition coefficient (Wildman–Crippen LogP) is 4.34. The first-order valence-corrected chi connectivity index (χ1v) is 5.40. The van der Waals surface area contributed by atoms with E-state index in [1.54, 1.807) is 25.1 Å². The van der Waals surface area contributed by atoms with Crippen LogP contribution in [0, 0.1) is 19.7 Å². The maximum absolute atomic E-state index is 13.9. The SMILES string of the molecule is Cc1ccc2c(c1)Oc1ccc(C)c(F)c1O2. The van der Waals surface area contributed by atoms with Crippen molar-refractivity contribution in [2.24, 2.45) is 0 Å². The second kappa shape index (κ2) is 3.48. The van der Waals surface area contributed by atoms with E-state index >= 15 is 0 Å². The molecule has 2 aromatic rings. The summed E-state index contributed by atoms with van der Waals surface area (Å²) in [5, 5.41) is 0. The zero-order valence-corrected chi connectivity index (χ0v) is 9.58. The van der Waals surface area contributed by atoms with E-state index in [4.69, 9.17) is 9.47 Å². The Balaban J connectivity index is 2.14. The van der Waals surface area contributed by atoms with Gasteiger partial charge in [0.1, 0.15) is 0 Å². The quantitative estimate of drug-likeness (QED) is 0.572. The molecule has 0 atom stereocenters. The summed E-state index contributed by atoms with van der Waals surface area (Å²) in [4.78, 5) is 0. The number of rotatable bonds is 0. The first kappa shape index (κ1) is 10.1. The van der Waals surface area contributed by atoms with Crippen LogP contribution in [0.15, 0.2) is 30.3 Å². The van der Waals surface area contributed by atoms with Gasteiger partial charge in [0, 0.05) is 0 Å². The van der Waals surface area contributed by atoms with Crippen LogP contribution < -0.4 is 9.47 Å². The zero-order valence-electron chi connectivity index (χ0n) is 9.58. The van der Waals surface area contributed by atoms with Gasteiger partial charge in [-0.3, -0.25) is 0 Å². The Morgan fingerprint density at radius 3 is 2.47 bits per heavy atom. The van der Waals surface area contributed by atoms with Crippen molar-refractivity contribution in [1.82, 2.24) is 0 Å². The Kier molecular flexibility index (Phi) is 2.08. The summed E-state index contributed by atoms with van der Waals surface area (Å²) in [7, 11) is 0. The van der Waals surface area contributed by atoms with Gasteiger partial charge in [-0.1, -0.05) is 12.1 Å². The van der Waals surface area contributed by atoms with E-state index in [2.05, 4.69) is 0 Å². The molecule has 3 heteroatoms. The van der Waals surface area contributed by atoms with Gasteiger partial charge in [0.2, 0.25) is 5.75 Å². The van der Waals surface area contributed by atoms with E-state index in [1.807, 2.05) is 19.1 Å². The van der Waals surface area contributed by atoms with Crippen molar-refractivity contribution in [1.29, 1.82) is 0 Å². The van der Waals surface area contributed by atoms with E-state index in [9.17, 15) is 4.39 Å². The van der Waals surface area contributed by atoms with Crippen molar-refractivity contribution in [3.63, 3.8) is 0 Å². The molecule has 86 valence electrons. The third-order valence-corrected chi connectivity index (χ3v) is 2.79. The summed E-state index contributed by atoms with van der Waals surface area (Å²) in [6.45, 7) is 3.67. The van der Waals surface area contributed by atoms with Crippen LogP contribution in [-0.2, 0) is 0 Å². The van der Waals surface area contributed by atoms with Gasteiger partial charge in [-0.15, -0.1) is 0 Å². The van der Waals surface area contributed by atoms with Gasteiger partial charge in [-0.05, 0) is 43.2 Å². The highest BCUT2D eigenvalue weighted by atomic mass is 19.1. The van der Waals surface area contributed by atoms with E-state index in [-0.39, 0.29) is 11.6 Å². The monoisotopic (exact) mass is 230 g/mol. The van der Waals surface area contributed by atoms with Gasteiger partial charge < -0.3 is 9.47 Å². The van der Waals surface area contributed by atoms with Crippen molar-refractivity contribution in [3.8, 4) is 23.0 Å². The Morgan fingerprint density at radius 1 is 0.882 bits per heavy atom. The molecule has 0 radical (unpaired) electrons. The van der Waals surface area contributed by atoms with Gasteiger partial charge in [-0.25, -0.2) is 4.39 Å². The Morgan fingerprint density at radius 2 is 1.65 bits per heavy atom. The van der Waals surface area contributed by atoms with Crippen molar-refractivity contribution in [3.05, 3.63) is 47.3 Å². The summed E-state index contributed by atoms with van der Waals surface area (Å²) in [6, 6.07) is 8.96. The maximum Gasteiger partial charge on any atom is 0.205 e. The standard InChI is InChI=1S/C14H11FO2/c1-8-3-5-10-12(7-8)16-11-6-4-9(2)13(15)14(11)17-10/h3-7H,1-2H3. The Labute approximate surface area is 98.6 Å². The van der Waals surface area contributed by atoms with Crippen molar-refractivity contribution in [2.75, 3.05) is 0 Å². The zero-order chi connectivity index (χ0) is 12.0. The fraction of sp³-hybridized carbons (Fsp3) is 0.143. The van der Waals surface area contributed by atoms with Crippen LogP contribution >= 0.6 is 0 Å². The van der Waals surface area contributed by atoms with E-state index in [0.717, 1.165) is 5.56 Å². The molecule has 17 heavy (non-hydrogen) atoms. The van der Waals surface area contributed by atoms with Gasteiger partial charge >= 0.3 is 0 Å². The van der Waals surface area contributed by atoms with Crippen LogP contribution in [0.4, 0.5) is 4.39 Å². The molecule has 0 unspecified atom stereocenters. The number of halogens is 1. The molecule has 0 saturated heterocycles. The first-order valence-electron chi connectivity index (χ1n) is 5.40. The average molecular weight is 230 g/mol. The largest absolute Gasteiger partial charge is 0.449 e. The normalized spacial score (nSPS) is 12.2. The molecule has 1 aliphatic heterocycles. The lowest BCUT2D eigenvalue weighted by Crippen LogP contribution is -2.02. The van der Waals surface area contributed by atoms with Gasteiger partial charge in [-0.2, -0.15) is 0 Å². The molecule has 1 heterocycles. The minimum atomic E-state index is -0.367. The number of fused-ring (bicyclic) bond motifs is 2. The van der Waals surface area contributed by atoms with Crippen LogP contribution in [0.3, 0.4) is 0 Å². The van der Waals surface area contributed by atoms with Gasteiger partial charge in [0.05, 0.1) is 0 Å². The molecule has 0 saturated carbocycles. The Hall–Kier alpha value is -2.03. The summed E-state index contributed by atoms with van der Waals surface area (Å²) >= 11 is 0. The summed E-state index contributed by atoms with van der Waals surface area (Å²) in [5.74, 6) is 1.40. The molecule has 1 aliphatic rings. The van der Waals surface area contributed by atoms with Gasteiger partial charge in [0.25, 0.3) is 0 Å². The number of aryl methyl sites for hydroxylation is 2. The molecule has 3 rings (SSSR count). The van der Waals surface area contributed by atoms with Crippen LogP contribution in [0.2, 0.25) is 0 Å². The summed E-state index contributed by atoms with van der Waals surface area (Å²) in [6.07, 6.45) is 0. The lowest BCUT2D eigenvalue weighted by Gasteiger charge is -2.21. The van der Waals surface area contributed by atoms with Crippen molar-refractivity contribution in [2.45, 2.75) is 13.8 Å². The molecule has 0 fully saturated rings. The molecule has 0 N–H and O–H groups in total. The lowest BCUT2D eigenvalue weighted by atomic mass is 10.1. The highest BCUT2D eigenvalue weighted by Gasteiger charge is 2.22. The molecule has 0 aromatic heterocycles. The number of ether oxygens (including phenoxy) is 2. The second-order valence-corrected chi connectivity index (χ2v) is 4.18. The second-order valence-electron chi connectivity index (χ2n) is 4.18. The van der Waals surface area contributed by atoms with E-state index in [1.165, 1.54) is 0 Å². The van der Waals surface area contributed by atoms with Crippen LogP contribution in [-0.4, -0.2) is 0 Å². The topological polar surface area (TPSA) is 18.5 Å². The van der Waals surface area contributed by atoms with Crippen molar-refractivity contribution >= 4 is 0 Å². The fourth-order valence-electron chi connectivity index (χ4n) is 1.82. The predicted molar refractivity (Wildman–Crippen MR) is 62.5 cm³/mol. The molecule has 0 amide bonds. The summed E-state index contributed by atoms with van der Waals surface area (Å²) in [5.41, 5.74) is 1.62. The van der Waals surface area contributed by atoms with Crippen LogP contribution in [0.5, 0.6) is 23.0 Å². The molecule has 2 nitrogen and oxygen atoms in total. The smallest absolute Gasteiger partial charge is 0.205 e. The third-order valence-electron chi connectivity index (χ3n) is 2.79. The Bertz CT molecular complexity index is 605. The fourth-order valence-corrected chi connectivity index (χ4v) is 1.82. The molecular weight excluding hydrogens is 219 g/mol. The highest BCUT2D eigenvalue weighted by molar-refractivity contribution is 5.56. The van der Waals surface area contributed by atoms with Crippen LogP contribution in [0.1, 0.15) is 11.1 Å². The summed E-state index contributed by atoms with van der Waals surface area (Å²) < 4.78 is 25.0. The van der Waals surface area contributed by atoms with Gasteiger partial charge in [0.15, 0.2) is 23.1 Å². The minimum Gasteiger partial charge on any atom is -0.449 e. The number of benzene rings is 2. The average Bonchev–Trinajstić information content (AvgIpc) is 2.32. The lowest BCUT2D eigenvalue weighted by molar-refractivity contribution is 0.341. The van der Waals surface area contributed by atoms with E-state index in [0.29, 0.717) is 22.8 Å². The number of hydrogen-bond acceptors (Lipinski definition) is 2. The number of hydrogen-bond donors (Lipinski definition) is 0. The highest BCUT2D eigenvalue weighted by Crippen LogP contribution is 2.47. The van der Waals surface area contributed by atoms with Crippen molar-refractivity contribution < 1.29 is 13.9 Å². The first-order chi connectivity index (χ1) is 8.15. The molecule has 0 spiro atoms. The van der Waals surface area contributed by atoms with E-state index < -0.39 is 0 Å². The van der Waals surface area contributed by atoms with Crippen LogP contribution in [0.25, 0.3) is 0 Å².